The van der Waals surface area contributed by atoms with Crippen molar-refractivity contribution in [2.24, 2.45) is 16.6 Å². The molecule has 0 bridgehead atoms. The lowest BCUT2D eigenvalue weighted by atomic mass is 10.1. The van der Waals surface area contributed by atoms with Crippen molar-refractivity contribution < 1.29 is 0 Å². The summed E-state index contributed by atoms with van der Waals surface area (Å²) in [5.74, 6) is 0.692. The Morgan fingerprint density at radius 2 is 2.26 bits per heavy atom. The summed E-state index contributed by atoms with van der Waals surface area (Å²) in [5.41, 5.74) is 12.6. The minimum Gasteiger partial charge on any atom is -0.398 e. The van der Waals surface area contributed by atoms with Gasteiger partial charge in [0.25, 0.3) is 0 Å². The van der Waals surface area contributed by atoms with Crippen molar-refractivity contribution >= 4 is 6.21 Å². The first-order chi connectivity index (χ1) is 9.20. The van der Waals surface area contributed by atoms with Crippen LogP contribution in [-0.2, 0) is 0 Å². The van der Waals surface area contributed by atoms with Crippen LogP contribution in [0.3, 0.4) is 0 Å². The van der Waals surface area contributed by atoms with Crippen molar-refractivity contribution in [1.29, 1.82) is 0 Å². The lowest BCUT2D eigenvalue weighted by Crippen LogP contribution is -2.18. The molecule has 3 rings (SSSR count). The highest BCUT2D eigenvalue weighted by Gasteiger charge is 2.29. The first-order valence-electron chi connectivity index (χ1n) is 7.13. The Bertz CT molecular complexity index is 536. The zero-order valence-electron chi connectivity index (χ0n) is 11.5. The van der Waals surface area contributed by atoms with Gasteiger partial charge in [-0.1, -0.05) is 19.6 Å². The molecule has 3 nitrogen and oxygen atoms in total. The molecular weight excluding hydrogens is 234 g/mol. The summed E-state index contributed by atoms with van der Waals surface area (Å²) in [6, 6.07) is 0. The van der Waals surface area contributed by atoms with Gasteiger partial charge in [-0.25, -0.2) is 0 Å². The monoisotopic (exact) mass is 255 g/mol. The van der Waals surface area contributed by atoms with Crippen molar-refractivity contribution in [3.8, 4) is 0 Å². The second-order valence-corrected chi connectivity index (χ2v) is 5.48. The number of hydrogen-bond donors (Lipinski definition) is 2. The predicted molar refractivity (Wildman–Crippen MR) is 79.3 cm³/mol. The minimum atomic E-state index is 0.692. The summed E-state index contributed by atoms with van der Waals surface area (Å²) in [5, 5.41) is 3.54. The first kappa shape index (κ1) is 12.3. The van der Waals surface area contributed by atoms with Gasteiger partial charge in [0.05, 0.1) is 11.4 Å². The van der Waals surface area contributed by atoms with Crippen molar-refractivity contribution in [2.45, 2.75) is 39.0 Å². The number of rotatable bonds is 5. The van der Waals surface area contributed by atoms with Crippen LogP contribution in [0.4, 0.5) is 0 Å². The molecule has 0 atom stereocenters. The van der Waals surface area contributed by atoms with Crippen LogP contribution in [0.2, 0.25) is 0 Å². The summed E-state index contributed by atoms with van der Waals surface area (Å²) in [6.45, 7) is 6.18. The lowest BCUT2D eigenvalue weighted by Gasteiger charge is -2.14. The highest BCUT2D eigenvalue weighted by atomic mass is 15.0. The molecule has 3 N–H and O–H groups in total. The number of nitrogens with one attached hydrogen (secondary N) is 1. The SMILES string of the molecule is C=C1N=CC(C(N)=C2CC2)=C1N/C(=C\CC)C1CC1. The third-order valence-electron chi connectivity index (χ3n) is 3.79. The molecule has 0 radical (unpaired) electrons. The van der Waals surface area contributed by atoms with E-state index in [2.05, 4.69) is 29.9 Å². The average molecular weight is 255 g/mol. The number of hydrogen-bond acceptors (Lipinski definition) is 3. The molecule has 3 aliphatic rings. The van der Waals surface area contributed by atoms with E-state index < -0.39 is 0 Å². The maximum Gasteiger partial charge on any atom is 0.0800 e. The summed E-state index contributed by atoms with van der Waals surface area (Å²) >= 11 is 0. The van der Waals surface area contributed by atoms with E-state index in [0.717, 1.165) is 41.9 Å². The minimum absolute atomic E-state index is 0.692. The van der Waals surface area contributed by atoms with Gasteiger partial charge < -0.3 is 11.1 Å². The molecule has 0 aromatic heterocycles. The molecule has 1 aliphatic heterocycles. The Labute approximate surface area is 114 Å². The van der Waals surface area contributed by atoms with Crippen molar-refractivity contribution in [3.63, 3.8) is 0 Å². The molecule has 2 saturated carbocycles. The standard InChI is InChI=1S/C16H21N3/c1-3-4-14(11-5-6-11)19-16-10(2)18-9-13(16)15(17)12-7-8-12/h4,9,11,19H,2-3,5-8,17H2,1H3/b14-4-. The fourth-order valence-electron chi connectivity index (χ4n) is 2.37. The van der Waals surface area contributed by atoms with Crippen molar-refractivity contribution in [1.82, 2.24) is 5.32 Å². The Kier molecular flexibility index (Phi) is 3.05. The van der Waals surface area contributed by atoms with E-state index in [1.54, 1.807) is 0 Å². The van der Waals surface area contributed by atoms with Gasteiger partial charge in [-0.2, -0.15) is 0 Å². The van der Waals surface area contributed by atoms with E-state index in [9.17, 15) is 0 Å². The number of allylic oxidation sites excluding steroid dienone is 4. The second kappa shape index (κ2) is 4.72. The smallest absolute Gasteiger partial charge is 0.0800 e. The molecule has 100 valence electrons. The van der Waals surface area contributed by atoms with Gasteiger partial charge in [0.2, 0.25) is 0 Å². The Morgan fingerprint density at radius 1 is 1.53 bits per heavy atom. The highest BCUT2D eigenvalue weighted by molar-refractivity contribution is 5.91. The van der Waals surface area contributed by atoms with Gasteiger partial charge in [-0.3, -0.25) is 4.99 Å². The van der Waals surface area contributed by atoms with Crippen LogP contribution in [0.5, 0.6) is 0 Å². The molecule has 19 heavy (non-hydrogen) atoms. The number of nitrogens with zero attached hydrogens (tertiary/aromatic N) is 1. The highest BCUT2D eigenvalue weighted by Crippen LogP contribution is 2.38. The summed E-state index contributed by atoms with van der Waals surface area (Å²) in [4.78, 5) is 4.33. The molecule has 0 aromatic carbocycles. The molecule has 0 unspecified atom stereocenters. The Hall–Kier alpha value is -1.77. The molecule has 0 amide bonds. The molecule has 2 fully saturated rings. The molecule has 0 spiro atoms. The van der Waals surface area contributed by atoms with E-state index >= 15 is 0 Å². The molecular formula is C16H21N3. The predicted octanol–water partition coefficient (Wildman–Crippen LogP) is 3.14. The molecule has 3 heteroatoms. The van der Waals surface area contributed by atoms with Crippen LogP contribution < -0.4 is 11.1 Å². The largest absolute Gasteiger partial charge is 0.398 e. The number of nitrogens with two attached hydrogens (primary N) is 1. The summed E-state index contributed by atoms with van der Waals surface area (Å²) < 4.78 is 0. The van der Waals surface area contributed by atoms with Crippen LogP contribution in [0.15, 0.2) is 51.6 Å². The Morgan fingerprint density at radius 3 is 2.84 bits per heavy atom. The molecule has 1 heterocycles. The maximum atomic E-state index is 6.21. The summed E-state index contributed by atoms with van der Waals surface area (Å²) in [6.07, 6.45) is 9.99. The van der Waals surface area contributed by atoms with E-state index in [0.29, 0.717) is 5.92 Å². The topological polar surface area (TPSA) is 50.4 Å². The zero-order chi connectivity index (χ0) is 13.4. The van der Waals surface area contributed by atoms with E-state index in [-0.39, 0.29) is 0 Å². The van der Waals surface area contributed by atoms with Gasteiger partial charge in [0, 0.05) is 23.2 Å². The fraction of sp³-hybridized carbons (Fsp3) is 0.438. The first-order valence-corrected chi connectivity index (χ1v) is 7.13. The lowest BCUT2D eigenvalue weighted by molar-refractivity contribution is 0.832. The third-order valence-corrected chi connectivity index (χ3v) is 3.79. The van der Waals surface area contributed by atoms with Gasteiger partial charge in [-0.05, 0) is 43.6 Å². The zero-order valence-corrected chi connectivity index (χ0v) is 11.5. The van der Waals surface area contributed by atoms with Crippen LogP contribution in [0, 0.1) is 5.92 Å². The van der Waals surface area contributed by atoms with Crippen molar-refractivity contribution in [2.75, 3.05) is 0 Å². The Balaban J connectivity index is 1.88. The fourth-order valence-corrected chi connectivity index (χ4v) is 2.37. The van der Waals surface area contributed by atoms with Gasteiger partial charge in [-0.15, -0.1) is 0 Å². The molecule has 0 saturated heterocycles. The quantitative estimate of drug-likeness (QED) is 0.793. The van der Waals surface area contributed by atoms with Gasteiger partial charge in [0.1, 0.15) is 0 Å². The van der Waals surface area contributed by atoms with E-state index in [1.165, 1.54) is 24.1 Å². The third kappa shape index (κ3) is 2.50. The normalized spacial score (nSPS) is 22.3. The maximum absolute atomic E-state index is 6.21. The number of aliphatic imine (C=N–C) groups is 1. The second-order valence-electron chi connectivity index (χ2n) is 5.48. The average Bonchev–Trinajstić information content (AvgIpc) is 3.28. The van der Waals surface area contributed by atoms with Crippen LogP contribution in [-0.4, -0.2) is 6.21 Å². The summed E-state index contributed by atoms with van der Waals surface area (Å²) in [7, 11) is 0. The molecule has 2 aliphatic carbocycles. The van der Waals surface area contributed by atoms with Gasteiger partial charge >= 0.3 is 0 Å². The van der Waals surface area contributed by atoms with Crippen LogP contribution in [0.25, 0.3) is 0 Å². The molecule has 0 aromatic rings. The van der Waals surface area contributed by atoms with Crippen LogP contribution >= 0.6 is 0 Å². The van der Waals surface area contributed by atoms with E-state index in [4.69, 9.17) is 5.73 Å². The van der Waals surface area contributed by atoms with Crippen LogP contribution in [0.1, 0.15) is 39.0 Å². The van der Waals surface area contributed by atoms with E-state index in [1.807, 2.05) is 6.21 Å². The van der Waals surface area contributed by atoms with Gasteiger partial charge in [0.15, 0.2) is 0 Å². The van der Waals surface area contributed by atoms with Crippen molar-refractivity contribution in [3.05, 3.63) is 46.6 Å².